The third-order valence-electron chi connectivity index (χ3n) is 19.1. The molecule has 0 bridgehead atoms. The van der Waals surface area contributed by atoms with Crippen molar-refractivity contribution in [3.63, 3.8) is 0 Å². The highest BCUT2D eigenvalue weighted by Crippen LogP contribution is 2.20. The zero-order valence-electron chi connectivity index (χ0n) is 65.4. The van der Waals surface area contributed by atoms with Gasteiger partial charge in [-0.25, -0.2) is 0 Å². The van der Waals surface area contributed by atoms with E-state index < -0.39 is 5.91 Å². The maximum absolute atomic E-state index is 11.9. The van der Waals surface area contributed by atoms with Gasteiger partial charge in [0.1, 0.15) is 0 Å². The molecule has 0 spiro atoms. The Morgan fingerprint density at radius 1 is 0.439 bits per heavy atom. The van der Waals surface area contributed by atoms with Crippen LogP contribution in [0.1, 0.15) is 117 Å². The lowest BCUT2D eigenvalue weighted by Crippen LogP contribution is -2.52. The van der Waals surface area contributed by atoms with Gasteiger partial charge in [0.25, 0.3) is 0 Å². The molecule has 2 heterocycles. The molecule has 0 aromatic rings. The number of likely N-dealkylation sites (tertiary alicyclic amines) is 2. The number of aliphatic hydroxyl groups is 3. The van der Waals surface area contributed by atoms with E-state index >= 15 is 0 Å². The Labute approximate surface area is 641 Å². The molecule has 0 aromatic heterocycles. The van der Waals surface area contributed by atoms with Crippen LogP contribution in [0.4, 0.5) is 0 Å². The Hall–Kier alpha value is -4.66. The van der Waals surface area contributed by atoms with Crippen LogP contribution < -0.4 is 142 Å². The van der Waals surface area contributed by atoms with Crippen molar-refractivity contribution in [2.75, 3.05) is 184 Å². The van der Waals surface area contributed by atoms with E-state index in [2.05, 4.69) is 137 Å². The number of likely N-dealkylation sites (N-methyl/N-ethyl adjacent to an activating group) is 1. The molecule has 2 fully saturated rings. The molecule has 2 aliphatic rings. The number of nitrogens with two attached hydrogens (primary N) is 10. The molecule has 107 heavy (non-hydrogen) atoms. The van der Waals surface area contributed by atoms with Crippen molar-refractivity contribution in [1.29, 1.82) is 0 Å². The Kier molecular flexibility index (Phi) is 59.7. The van der Waals surface area contributed by atoms with Crippen LogP contribution in [0.2, 0.25) is 0 Å². The van der Waals surface area contributed by atoms with Crippen molar-refractivity contribution >= 4 is 35.6 Å². The van der Waals surface area contributed by atoms with Crippen molar-refractivity contribution in [1.82, 2.24) is 94.9 Å². The number of nitrogens with zero attached hydrogens (tertiary/aromatic N) is 5. The molecule has 2 rings (SSSR count). The van der Waals surface area contributed by atoms with E-state index in [0.29, 0.717) is 135 Å². The number of carbonyl (C=O) groups excluding carboxylic acids is 3. The Bertz CT molecular complexity index is 2270. The van der Waals surface area contributed by atoms with E-state index in [-0.39, 0.29) is 123 Å². The second-order valence-corrected chi connectivity index (χ2v) is 28.8. The van der Waals surface area contributed by atoms with E-state index in [1.165, 1.54) is 0 Å². The highest BCUT2D eigenvalue weighted by molar-refractivity contribution is 5.76. The van der Waals surface area contributed by atoms with E-state index in [1.807, 2.05) is 26.7 Å². The van der Waals surface area contributed by atoms with Crippen LogP contribution in [-0.2, 0) is 14.4 Å². The summed E-state index contributed by atoms with van der Waals surface area (Å²) in [6.07, 6.45) is 12.2. The Morgan fingerprint density at radius 2 is 0.869 bits per heavy atom. The van der Waals surface area contributed by atoms with E-state index in [1.54, 1.807) is 0 Å². The van der Waals surface area contributed by atoms with Crippen molar-refractivity contribution in [2.24, 2.45) is 78.2 Å². The van der Waals surface area contributed by atoms with E-state index in [4.69, 9.17) is 57.3 Å². The molecule has 2 aliphatic heterocycles. The molecule has 39 N–H and O–H groups in total. The first-order valence-corrected chi connectivity index (χ1v) is 39.4. The predicted octanol–water partition coefficient (Wildman–Crippen LogP) is -8.98. The molecule has 5 radical (unpaired) electrons. The number of primary amides is 3. The first-order chi connectivity index (χ1) is 51.7. The molecule has 0 aliphatic carbocycles. The van der Waals surface area contributed by atoms with Gasteiger partial charge in [0.05, 0.1) is 19.8 Å². The quantitative estimate of drug-likeness (QED) is 0.0153. The maximum Gasteiger partial charge on any atom is 0.219 e. The molecule has 0 saturated carbocycles. The lowest BCUT2D eigenvalue weighted by atomic mass is 10.0. The second kappa shape index (κ2) is 64.9. The monoisotopic (exact) mass is 1520 g/mol. The van der Waals surface area contributed by atoms with Gasteiger partial charge in [-0.3, -0.25) is 39.2 Å². The molecular weight excluding hydrogens is 1370 g/mol. The second-order valence-electron chi connectivity index (χ2n) is 28.8. The smallest absolute Gasteiger partial charge is 0.219 e. The average Bonchev–Trinajstić information content (AvgIpc) is 1.75. The number of aliphatic imine (C=N–C) groups is 3. The van der Waals surface area contributed by atoms with Crippen LogP contribution in [0.15, 0.2) is 15.0 Å². The fraction of sp³-hybridized carbons (Fsp3) is 0.843. The van der Waals surface area contributed by atoms with Gasteiger partial charge in [0, 0.05) is 268 Å². The number of carbonyl (C=O) groups is 3. The van der Waals surface area contributed by atoms with Crippen LogP contribution in [0.25, 0.3) is 0 Å². The predicted molar refractivity (Wildman–Crippen MR) is 433 cm³/mol. The van der Waals surface area contributed by atoms with Gasteiger partial charge in [0.15, 0.2) is 17.9 Å². The Balaban J connectivity index is 1.76. The third-order valence-corrected chi connectivity index (χ3v) is 19.1. The fourth-order valence-electron chi connectivity index (χ4n) is 13.0. The van der Waals surface area contributed by atoms with Crippen molar-refractivity contribution < 1.29 is 29.7 Å². The van der Waals surface area contributed by atoms with Gasteiger partial charge in [-0.1, -0.05) is 13.8 Å². The first-order valence-electron chi connectivity index (χ1n) is 39.4. The number of hydrogen-bond donors (Lipinski definition) is 29. The summed E-state index contributed by atoms with van der Waals surface area (Å²) < 4.78 is 0. The molecule has 623 valence electrons. The minimum absolute atomic E-state index is 0.0216. The number of aliphatic hydroxyl groups excluding tert-OH is 3. The first kappa shape index (κ1) is 98.4. The van der Waals surface area contributed by atoms with Gasteiger partial charge in [-0.15, -0.1) is 0 Å². The van der Waals surface area contributed by atoms with E-state index in [9.17, 15) is 29.7 Å². The van der Waals surface area contributed by atoms with Crippen LogP contribution in [0, 0.1) is 38.6 Å². The Morgan fingerprint density at radius 3 is 1.39 bits per heavy atom. The van der Waals surface area contributed by atoms with Crippen LogP contribution in [-0.4, -0.2) is 317 Å². The summed E-state index contributed by atoms with van der Waals surface area (Å²) >= 11 is 0. The lowest BCUT2D eigenvalue weighted by Gasteiger charge is -2.31. The molecule has 12 atom stereocenters. The van der Waals surface area contributed by atoms with Crippen molar-refractivity contribution in [3.05, 3.63) is 32.7 Å². The summed E-state index contributed by atoms with van der Waals surface area (Å²) in [5.74, 6) is -0.352. The fourth-order valence-corrected chi connectivity index (χ4v) is 13.0. The summed E-state index contributed by atoms with van der Waals surface area (Å²) in [4.78, 5) is 52.4. The number of guanidine groups is 3. The standard InChI is InChI=1S/C70H152N31O6/c1-52(2)35-59(39-86-29-32-88-57(11-6-20-93-70(79)80)47-100-33-8-13-64(100)46-99-55(10-5-19-92-69(77)78)41-96-58(37-71)36-67(74)107)89-30-27-83-22-21-82-23-25-85-38-54(9-4-18-91-68(75)76)94-44-61(50-103)97-42-56(15-17-66(73)106)95-43-60(49-102)90-31-28-84-24-26-87-45-63-12-7-34-101(63)48-62(51-104)98-40-53(81-3)14-16-65(72)105/h21,26-29,52-64,81-90,94-99,102-104H,4-20,22-25,30-51,71H2,1-3H3,(H2,72,105)(H2,73,106)(H2,74,107)(H4,75,76,91)(H4,77,78,92)(H4,79,80,93)/t53-,54-,55-,56-,57-,58-,59-,60+,61+,62+,63-,64-/m0/s1. The molecule has 0 aromatic carbocycles. The number of amides is 3. The summed E-state index contributed by atoms with van der Waals surface area (Å²) in [5.41, 5.74) is 56.1. The summed E-state index contributed by atoms with van der Waals surface area (Å²) in [5, 5.41) is 86.9. The van der Waals surface area contributed by atoms with Crippen LogP contribution in [0.3, 0.4) is 0 Å². The van der Waals surface area contributed by atoms with Crippen LogP contribution >= 0.6 is 0 Å². The van der Waals surface area contributed by atoms with Gasteiger partial charge >= 0.3 is 0 Å². The molecule has 3 amide bonds. The van der Waals surface area contributed by atoms with Gasteiger partial charge < -0.3 is 158 Å². The molecule has 37 nitrogen and oxygen atoms in total. The van der Waals surface area contributed by atoms with Crippen molar-refractivity contribution in [2.45, 2.75) is 189 Å². The van der Waals surface area contributed by atoms with E-state index in [0.717, 1.165) is 130 Å². The maximum atomic E-state index is 11.9. The summed E-state index contributed by atoms with van der Waals surface area (Å²) in [7, 11) is 1.86. The van der Waals surface area contributed by atoms with Gasteiger partial charge in [-0.05, 0) is 110 Å². The molecule has 0 unspecified atom stereocenters. The summed E-state index contributed by atoms with van der Waals surface area (Å²) in [6.45, 7) is 30.3. The third kappa shape index (κ3) is 54.6. The molecule has 2 saturated heterocycles. The highest BCUT2D eigenvalue weighted by Gasteiger charge is 2.29. The number of hydrogen-bond acceptors (Lipinski definition) is 28. The van der Waals surface area contributed by atoms with Crippen molar-refractivity contribution in [3.8, 4) is 0 Å². The SMILES string of the molecule is CN[C@@H](CCC(N)=O)CN[C@@H](CO)CN1CCC[C@H]1CN[CH]CN[CH]CN[C@@H](CO)CN[C@@H](CCC(N)=O)CN[C@@H](CO)CN[C@@H](CCCN=C(N)N)CNCCN[CH]CN[CH]CN[C@H](CN[CH]CN[C@@H](CCCN=C(N)N)CN1CCC[C@H]1CN[C@@H](CCCN=C(N)N)CN[C@H](CN)CC(N)=O)CC(C)C. The topological polar surface area (TPSA) is 608 Å². The van der Waals surface area contributed by atoms with Gasteiger partial charge in [0.2, 0.25) is 17.7 Å². The summed E-state index contributed by atoms with van der Waals surface area (Å²) in [6, 6.07) is 0.497. The molecular formula is C70H152N31O6. The zero-order chi connectivity index (χ0) is 78.5. The zero-order valence-corrected chi connectivity index (χ0v) is 65.4. The van der Waals surface area contributed by atoms with Gasteiger partial charge in [-0.2, -0.15) is 0 Å². The lowest BCUT2D eigenvalue weighted by molar-refractivity contribution is -0.119. The van der Waals surface area contributed by atoms with Crippen LogP contribution in [0.5, 0.6) is 0 Å². The minimum atomic E-state index is -0.402. The normalized spacial score (nSPS) is 17.8. The average molecular weight is 1520 g/mol. The number of nitrogens with one attached hydrogen (secondary N) is 16. The molecule has 37 heteroatoms. The largest absolute Gasteiger partial charge is 0.395 e. The number of rotatable bonds is 76. The minimum Gasteiger partial charge on any atom is -0.395 e. The highest BCUT2D eigenvalue weighted by atomic mass is 16.3.